The van der Waals surface area contributed by atoms with Crippen LogP contribution in [0.2, 0.25) is 5.02 Å². The number of aromatic nitrogens is 2. The highest BCUT2D eigenvalue weighted by atomic mass is 35.5. The predicted octanol–water partition coefficient (Wildman–Crippen LogP) is 1.75. The molecular weight excluding hydrogens is 256 g/mol. The van der Waals surface area contributed by atoms with E-state index in [1.807, 2.05) is 0 Å². The highest BCUT2D eigenvalue weighted by Gasteiger charge is 2.15. The molecule has 1 aromatic heterocycles. The number of hydrogen-bond donors (Lipinski definition) is 2. The molecule has 0 fully saturated rings. The summed E-state index contributed by atoms with van der Waals surface area (Å²) in [4.78, 5) is 22.4. The van der Waals surface area contributed by atoms with Crippen LogP contribution in [0.3, 0.4) is 0 Å². The van der Waals surface area contributed by atoms with Crippen LogP contribution in [-0.4, -0.2) is 20.9 Å². The van der Waals surface area contributed by atoms with Crippen molar-refractivity contribution >= 4 is 17.6 Å². The molecule has 0 unspecified atom stereocenters. The van der Waals surface area contributed by atoms with Gasteiger partial charge in [-0.2, -0.15) is 0 Å². The lowest BCUT2D eigenvalue weighted by atomic mass is 10.2. The minimum atomic E-state index is -1.04. The number of aromatic amines is 1. The van der Waals surface area contributed by atoms with Crippen LogP contribution < -0.4 is 5.56 Å². The van der Waals surface area contributed by atoms with Crippen molar-refractivity contribution in [1.29, 1.82) is 0 Å². The lowest BCUT2D eigenvalue weighted by molar-refractivity contribution is -0.136. The van der Waals surface area contributed by atoms with Gasteiger partial charge in [0.25, 0.3) is 5.56 Å². The molecule has 18 heavy (non-hydrogen) atoms. The zero-order chi connectivity index (χ0) is 13.3. The summed E-state index contributed by atoms with van der Waals surface area (Å²) in [5.41, 5.74) is 0.998. The molecule has 0 amide bonds. The first kappa shape index (κ1) is 12.4. The Balaban J connectivity index is 2.58. The maximum atomic E-state index is 11.7. The van der Waals surface area contributed by atoms with Crippen molar-refractivity contribution in [2.45, 2.75) is 13.3 Å². The molecule has 0 radical (unpaired) electrons. The average molecular weight is 267 g/mol. The molecule has 0 aliphatic carbocycles. The summed E-state index contributed by atoms with van der Waals surface area (Å²) in [7, 11) is 0. The van der Waals surface area contributed by atoms with Gasteiger partial charge in [-0.3, -0.25) is 19.4 Å². The molecule has 0 saturated carbocycles. The Morgan fingerprint density at radius 3 is 2.72 bits per heavy atom. The number of carboxylic acid groups (broad SMARTS) is 1. The van der Waals surface area contributed by atoms with Gasteiger partial charge in [-0.15, -0.1) is 0 Å². The Labute approximate surface area is 108 Å². The van der Waals surface area contributed by atoms with Crippen molar-refractivity contribution in [1.82, 2.24) is 9.78 Å². The summed E-state index contributed by atoms with van der Waals surface area (Å²) in [5.74, 6) is -1.04. The predicted molar refractivity (Wildman–Crippen MR) is 67.5 cm³/mol. The SMILES string of the molecule is Cc1c(CC(=O)O)c(=O)[nH]n1-c1ccccc1Cl. The summed E-state index contributed by atoms with van der Waals surface area (Å²) in [6, 6.07) is 7.01. The van der Waals surface area contributed by atoms with Gasteiger partial charge < -0.3 is 5.11 Å². The lowest BCUT2D eigenvalue weighted by Gasteiger charge is -2.07. The molecule has 0 aliphatic rings. The zero-order valence-electron chi connectivity index (χ0n) is 9.61. The monoisotopic (exact) mass is 266 g/mol. The summed E-state index contributed by atoms with van der Waals surface area (Å²) >= 11 is 6.04. The Hall–Kier alpha value is -2.01. The molecule has 1 aromatic carbocycles. The number of benzene rings is 1. The van der Waals surface area contributed by atoms with Crippen LogP contribution >= 0.6 is 11.6 Å². The van der Waals surface area contributed by atoms with Crippen molar-refractivity contribution in [3.8, 4) is 5.69 Å². The van der Waals surface area contributed by atoms with Gasteiger partial charge >= 0.3 is 5.97 Å². The molecule has 0 spiro atoms. The third-order valence-corrected chi connectivity index (χ3v) is 3.00. The Kier molecular flexibility index (Phi) is 3.25. The van der Waals surface area contributed by atoms with E-state index in [4.69, 9.17) is 16.7 Å². The molecule has 2 rings (SSSR count). The number of nitrogens with zero attached hydrogens (tertiary/aromatic N) is 1. The van der Waals surface area contributed by atoms with E-state index in [-0.39, 0.29) is 12.0 Å². The van der Waals surface area contributed by atoms with E-state index in [0.717, 1.165) is 0 Å². The largest absolute Gasteiger partial charge is 0.481 e. The van der Waals surface area contributed by atoms with E-state index in [0.29, 0.717) is 16.4 Å². The molecule has 0 atom stereocenters. The third-order valence-electron chi connectivity index (χ3n) is 2.68. The Morgan fingerprint density at radius 1 is 1.44 bits per heavy atom. The summed E-state index contributed by atoms with van der Waals surface area (Å²) < 4.78 is 1.50. The van der Waals surface area contributed by atoms with Crippen LogP contribution in [0.5, 0.6) is 0 Å². The summed E-state index contributed by atoms with van der Waals surface area (Å²) in [6.45, 7) is 1.68. The van der Waals surface area contributed by atoms with Crippen molar-refractivity contribution in [3.05, 3.63) is 50.9 Å². The van der Waals surface area contributed by atoms with Gasteiger partial charge in [0.2, 0.25) is 0 Å². The maximum absolute atomic E-state index is 11.7. The number of carbonyl (C=O) groups is 1. The molecule has 2 aromatic rings. The summed E-state index contributed by atoms with van der Waals surface area (Å²) in [6.07, 6.45) is -0.307. The highest BCUT2D eigenvalue weighted by molar-refractivity contribution is 6.32. The third kappa shape index (κ3) is 2.17. The second-order valence-corrected chi connectivity index (χ2v) is 4.27. The average Bonchev–Trinajstić information content (AvgIpc) is 2.57. The fourth-order valence-electron chi connectivity index (χ4n) is 1.79. The second kappa shape index (κ2) is 4.70. The number of halogens is 1. The quantitative estimate of drug-likeness (QED) is 0.889. The molecule has 2 N–H and O–H groups in total. The van der Waals surface area contributed by atoms with Gasteiger partial charge in [0.15, 0.2) is 0 Å². The topological polar surface area (TPSA) is 75.1 Å². The van der Waals surface area contributed by atoms with Crippen LogP contribution in [0.15, 0.2) is 29.1 Å². The van der Waals surface area contributed by atoms with Crippen molar-refractivity contribution in [2.24, 2.45) is 0 Å². The van der Waals surface area contributed by atoms with E-state index < -0.39 is 11.5 Å². The second-order valence-electron chi connectivity index (χ2n) is 3.86. The maximum Gasteiger partial charge on any atom is 0.308 e. The Morgan fingerprint density at radius 2 is 2.11 bits per heavy atom. The molecule has 6 heteroatoms. The van der Waals surface area contributed by atoms with E-state index in [1.54, 1.807) is 31.2 Å². The van der Waals surface area contributed by atoms with E-state index in [2.05, 4.69) is 5.10 Å². The highest BCUT2D eigenvalue weighted by Crippen LogP contribution is 2.20. The van der Waals surface area contributed by atoms with E-state index in [1.165, 1.54) is 4.68 Å². The van der Waals surface area contributed by atoms with Crippen molar-refractivity contribution in [2.75, 3.05) is 0 Å². The molecule has 0 saturated heterocycles. The fourth-order valence-corrected chi connectivity index (χ4v) is 2.01. The summed E-state index contributed by atoms with van der Waals surface area (Å²) in [5, 5.41) is 11.8. The smallest absolute Gasteiger partial charge is 0.308 e. The van der Waals surface area contributed by atoms with Gasteiger partial charge in [0, 0.05) is 5.69 Å². The van der Waals surface area contributed by atoms with Crippen molar-refractivity contribution in [3.63, 3.8) is 0 Å². The number of carboxylic acids is 1. The normalized spacial score (nSPS) is 10.6. The molecule has 0 bridgehead atoms. The first-order valence-electron chi connectivity index (χ1n) is 5.28. The molecule has 94 valence electrons. The lowest BCUT2D eigenvalue weighted by Crippen LogP contribution is -2.11. The van der Waals surface area contributed by atoms with Crippen LogP contribution in [0.4, 0.5) is 0 Å². The Bertz CT molecular complexity index is 658. The standard InChI is InChI=1S/C12H11ClN2O3/c1-7-8(6-11(16)17)12(18)14-15(7)10-5-3-2-4-9(10)13/h2-5H,6H2,1H3,(H,14,18)(H,16,17). The molecule has 5 nitrogen and oxygen atoms in total. The van der Waals surface area contributed by atoms with Crippen LogP contribution in [0.25, 0.3) is 5.69 Å². The van der Waals surface area contributed by atoms with Crippen LogP contribution in [-0.2, 0) is 11.2 Å². The first-order chi connectivity index (χ1) is 8.50. The van der Waals surface area contributed by atoms with Crippen molar-refractivity contribution < 1.29 is 9.90 Å². The van der Waals surface area contributed by atoms with Gasteiger partial charge in [0.1, 0.15) is 0 Å². The van der Waals surface area contributed by atoms with Gasteiger partial charge in [-0.25, -0.2) is 0 Å². The minimum absolute atomic E-state index is 0.238. The van der Waals surface area contributed by atoms with Gasteiger partial charge in [0.05, 0.1) is 22.7 Å². The number of nitrogens with one attached hydrogen (secondary N) is 1. The zero-order valence-corrected chi connectivity index (χ0v) is 10.4. The fraction of sp³-hybridized carbons (Fsp3) is 0.167. The number of H-pyrrole nitrogens is 1. The number of para-hydroxylation sites is 1. The minimum Gasteiger partial charge on any atom is -0.481 e. The van der Waals surface area contributed by atoms with Crippen LogP contribution in [0, 0.1) is 6.92 Å². The number of hydrogen-bond acceptors (Lipinski definition) is 2. The van der Waals surface area contributed by atoms with Gasteiger partial charge in [-0.1, -0.05) is 23.7 Å². The molecule has 0 aliphatic heterocycles. The molecular formula is C12H11ClN2O3. The number of rotatable bonds is 3. The van der Waals surface area contributed by atoms with E-state index in [9.17, 15) is 9.59 Å². The number of aliphatic carboxylic acids is 1. The first-order valence-corrected chi connectivity index (χ1v) is 5.65. The van der Waals surface area contributed by atoms with E-state index >= 15 is 0 Å². The molecule has 1 heterocycles. The van der Waals surface area contributed by atoms with Crippen LogP contribution in [0.1, 0.15) is 11.3 Å². The van der Waals surface area contributed by atoms with Gasteiger partial charge in [-0.05, 0) is 19.1 Å².